The molecule has 7 heteroatoms. The summed E-state index contributed by atoms with van der Waals surface area (Å²) in [7, 11) is -1.83. The van der Waals surface area contributed by atoms with Gasteiger partial charge in [-0.05, 0) is 60.4 Å². The third-order valence-corrected chi connectivity index (χ3v) is 12.3. The highest BCUT2D eigenvalue weighted by Crippen LogP contribution is 2.37. The van der Waals surface area contributed by atoms with Gasteiger partial charge >= 0.3 is 0 Å². The summed E-state index contributed by atoms with van der Waals surface area (Å²) in [6.07, 6.45) is 2.62. The van der Waals surface area contributed by atoms with E-state index in [0.29, 0.717) is 31.2 Å². The Bertz CT molecular complexity index is 1200. The van der Waals surface area contributed by atoms with Crippen LogP contribution < -0.4 is 4.74 Å². The zero-order valence-corrected chi connectivity index (χ0v) is 23.2. The van der Waals surface area contributed by atoms with Crippen LogP contribution in [-0.2, 0) is 17.4 Å². The van der Waals surface area contributed by atoms with Gasteiger partial charge in [-0.2, -0.15) is 0 Å². The Morgan fingerprint density at radius 3 is 2.73 bits per heavy atom. The maximum atomic E-state index is 13.6. The second-order valence-electron chi connectivity index (χ2n) is 10.3. The Kier molecular flexibility index (Phi) is 6.85. The number of Topliss-reactive ketones (excluding diaryl/α,β-unsaturated/α-hetero) is 1. The van der Waals surface area contributed by atoms with E-state index in [0.717, 1.165) is 32.3 Å². The summed E-state index contributed by atoms with van der Waals surface area (Å²) in [5.74, 6) is 0.691. The van der Waals surface area contributed by atoms with Crippen LogP contribution in [0.4, 0.5) is 0 Å². The molecule has 1 aliphatic rings. The van der Waals surface area contributed by atoms with Crippen LogP contribution in [0.5, 0.6) is 5.75 Å². The van der Waals surface area contributed by atoms with Crippen molar-refractivity contribution >= 4 is 52.5 Å². The van der Waals surface area contributed by atoms with E-state index in [1.807, 2.05) is 36.5 Å². The number of aromatic nitrogens is 1. The molecule has 2 heterocycles. The zero-order valence-electron chi connectivity index (χ0n) is 19.9. The van der Waals surface area contributed by atoms with Crippen molar-refractivity contribution in [3.05, 3.63) is 63.2 Å². The summed E-state index contributed by atoms with van der Waals surface area (Å²) in [6.45, 7) is 13.0. The van der Waals surface area contributed by atoms with E-state index < -0.39 is 8.32 Å². The molecule has 4 nitrogen and oxygen atoms in total. The first kappa shape index (κ1) is 24.5. The first-order valence-electron chi connectivity index (χ1n) is 11.3. The lowest BCUT2D eigenvalue weighted by molar-refractivity contribution is 0.0856. The van der Waals surface area contributed by atoms with Gasteiger partial charge in [0.05, 0.1) is 19.1 Å². The van der Waals surface area contributed by atoms with E-state index in [-0.39, 0.29) is 16.7 Å². The van der Waals surface area contributed by atoms with E-state index in [4.69, 9.17) is 20.8 Å². The van der Waals surface area contributed by atoms with Gasteiger partial charge in [0.25, 0.3) is 0 Å². The highest BCUT2D eigenvalue weighted by molar-refractivity contribution is 9.10. The number of rotatable bonds is 6. The van der Waals surface area contributed by atoms with Gasteiger partial charge in [-0.1, -0.05) is 54.4 Å². The number of ketones is 1. The third kappa shape index (κ3) is 5.09. The number of halogens is 2. The van der Waals surface area contributed by atoms with Crippen molar-refractivity contribution in [2.24, 2.45) is 5.92 Å². The fourth-order valence-electron chi connectivity index (χ4n) is 4.01. The molecular weight excluding hydrogens is 518 g/mol. The van der Waals surface area contributed by atoms with Crippen molar-refractivity contribution in [2.75, 3.05) is 13.2 Å². The Morgan fingerprint density at radius 1 is 1.24 bits per heavy atom. The molecule has 176 valence electrons. The molecule has 1 unspecified atom stereocenters. The molecule has 0 radical (unpaired) electrons. The number of carbonyl (C=O) groups excluding carboxylic acids is 1. The SMILES string of the molecule is CC(C)(C)[Si](C)(C)OCCn1cc(C(=O)C2COc3ccc(Cl)cc3C2)c2ccc(Br)cc21. The van der Waals surface area contributed by atoms with Gasteiger partial charge in [0.15, 0.2) is 14.1 Å². The lowest BCUT2D eigenvalue weighted by atomic mass is 9.89. The summed E-state index contributed by atoms with van der Waals surface area (Å²) in [4.78, 5) is 13.6. The zero-order chi connectivity index (χ0) is 24.0. The van der Waals surface area contributed by atoms with Crippen LogP contribution in [0.3, 0.4) is 0 Å². The monoisotopic (exact) mass is 547 g/mol. The molecule has 0 saturated carbocycles. The average molecular weight is 549 g/mol. The first-order chi connectivity index (χ1) is 15.5. The van der Waals surface area contributed by atoms with Crippen LogP contribution in [0.25, 0.3) is 10.9 Å². The summed E-state index contributed by atoms with van der Waals surface area (Å²) in [5, 5.41) is 1.79. The summed E-state index contributed by atoms with van der Waals surface area (Å²) in [5.41, 5.74) is 2.76. The number of carbonyl (C=O) groups is 1. The van der Waals surface area contributed by atoms with Crippen LogP contribution in [-0.4, -0.2) is 31.9 Å². The normalized spacial score (nSPS) is 16.5. The molecule has 1 aliphatic heterocycles. The molecule has 4 rings (SSSR count). The topological polar surface area (TPSA) is 40.5 Å². The van der Waals surface area contributed by atoms with E-state index in [9.17, 15) is 4.79 Å². The van der Waals surface area contributed by atoms with Crippen LogP contribution in [0.15, 0.2) is 47.1 Å². The molecule has 0 spiro atoms. The molecule has 2 aromatic carbocycles. The maximum absolute atomic E-state index is 13.6. The standard InChI is InChI=1S/C26H31BrClNO3Si/c1-26(2,3)33(4,5)32-11-10-29-15-22(21-8-6-19(27)14-23(21)29)25(30)18-12-17-13-20(28)7-9-24(17)31-16-18/h6-9,13-15,18H,10-12,16H2,1-5H3. The van der Waals surface area contributed by atoms with Crippen LogP contribution in [0, 0.1) is 5.92 Å². The number of benzene rings is 2. The van der Waals surface area contributed by atoms with Crippen LogP contribution >= 0.6 is 27.5 Å². The minimum absolute atomic E-state index is 0.108. The van der Waals surface area contributed by atoms with Gasteiger partial charge in [-0.15, -0.1) is 0 Å². The number of hydrogen-bond donors (Lipinski definition) is 0. The molecule has 0 fully saturated rings. The Balaban J connectivity index is 1.59. The van der Waals surface area contributed by atoms with Gasteiger partial charge in [0, 0.05) is 38.7 Å². The second kappa shape index (κ2) is 9.21. The minimum atomic E-state index is -1.83. The fourth-order valence-corrected chi connectivity index (χ4v) is 5.59. The maximum Gasteiger partial charge on any atom is 0.192 e. The highest BCUT2D eigenvalue weighted by Gasteiger charge is 2.37. The predicted octanol–water partition coefficient (Wildman–Crippen LogP) is 7.51. The Hall–Kier alpha value is -1.60. The fraction of sp³-hybridized carbons (Fsp3) is 0.423. The Morgan fingerprint density at radius 2 is 2.00 bits per heavy atom. The van der Waals surface area contributed by atoms with E-state index in [1.165, 1.54) is 0 Å². The largest absolute Gasteiger partial charge is 0.493 e. The van der Waals surface area contributed by atoms with Gasteiger partial charge in [-0.25, -0.2) is 0 Å². The van der Waals surface area contributed by atoms with Gasteiger partial charge < -0.3 is 13.7 Å². The van der Waals surface area contributed by atoms with Crippen molar-refractivity contribution in [3.63, 3.8) is 0 Å². The molecular formula is C26H31BrClNO3Si. The van der Waals surface area contributed by atoms with E-state index >= 15 is 0 Å². The van der Waals surface area contributed by atoms with Gasteiger partial charge in [0.1, 0.15) is 5.75 Å². The number of ether oxygens (including phenoxy) is 1. The minimum Gasteiger partial charge on any atom is -0.493 e. The molecule has 1 atom stereocenters. The summed E-state index contributed by atoms with van der Waals surface area (Å²) >= 11 is 9.75. The Labute approximate surface area is 210 Å². The highest BCUT2D eigenvalue weighted by atomic mass is 79.9. The molecule has 0 saturated heterocycles. The number of nitrogens with zero attached hydrogens (tertiary/aromatic N) is 1. The van der Waals surface area contributed by atoms with Crippen molar-refractivity contribution in [3.8, 4) is 5.75 Å². The quantitative estimate of drug-likeness (QED) is 0.236. The summed E-state index contributed by atoms with van der Waals surface area (Å²) in [6, 6.07) is 11.7. The van der Waals surface area contributed by atoms with Crippen molar-refractivity contribution in [1.29, 1.82) is 0 Å². The van der Waals surface area contributed by atoms with Gasteiger partial charge in [0.2, 0.25) is 0 Å². The third-order valence-electron chi connectivity index (χ3n) is 7.01. The van der Waals surface area contributed by atoms with Crippen LogP contribution in [0.1, 0.15) is 36.7 Å². The second-order valence-corrected chi connectivity index (χ2v) is 16.5. The van der Waals surface area contributed by atoms with Gasteiger partial charge in [-0.3, -0.25) is 4.79 Å². The molecule has 3 aromatic rings. The number of hydrogen-bond acceptors (Lipinski definition) is 3. The van der Waals surface area contributed by atoms with Crippen molar-refractivity contribution in [2.45, 2.75) is 51.9 Å². The predicted molar refractivity (Wildman–Crippen MR) is 141 cm³/mol. The molecule has 0 bridgehead atoms. The van der Waals surface area contributed by atoms with E-state index in [2.05, 4.69) is 60.4 Å². The smallest absolute Gasteiger partial charge is 0.192 e. The lowest BCUT2D eigenvalue weighted by Crippen LogP contribution is -2.41. The molecule has 1 aromatic heterocycles. The summed E-state index contributed by atoms with van der Waals surface area (Å²) < 4.78 is 15.4. The lowest BCUT2D eigenvalue weighted by Gasteiger charge is -2.36. The van der Waals surface area contributed by atoms with Crippen molar-refractivity contribution < 1.29 is 14.0 Å². The molecule has 0 aliphatic carbocycles. The van der Waals surface area contributed by atoms with E-state index in [1.54, 1.807) is 0 Å². The first-order valence-corrected chi connectivity index (χ1v) is 15.4. The van der Waals surface area contributed by atoms with Crippen molar-refractivity contribution in [1.82, 2.24) is 4.57 Å². The molecule has 33 heavy (non-hydrogen) atoms. The average Bonchev–Trinajstić information content (AvgIpc) is 3.09. The molecule has 0 N–H and O–H groups in total. The van der Waals surface area contributed by atoms with Crippen LogP contribution in [0.2, 0.25) is 23.2 Å². The number of fused-ring (bicyclic) bond motifs is 2. The molecule has 0 amide bonds.